The summed E-state index contributed by atoms with van der Waals surface area (Å²) in [6.07, 6.45) is -0.225. The number of hydrogen-bond donors (Lipinski definition) is 2. The van der Waals surface area contributed by atoms with E-state index in [1.54, 1.807) is 13.8 Å². The van der Waals surface area contributed by atoms with Crippen molar-refractivity contribution < 1.29 is 48.2 Å². The van der Waals surface area contributed by atoms with E-state index in [0.29, 0.717) is 0 Å². The Hall–Kier alpha value is -1.30. The first-order valence-electron chi connectivity index (χ1n) is 8.94. The number of carbonyl (C=O) groups excluding carboxylic acids is 2. The Morgan fingerprint density at radius 2 is 1.30 bits per heavy atom. The van der Waals surface area contributed by atoms with Crippen molar-refractivity contribution in [3.63, 3.8) is 0 Å². The molecular formula is C17H28O10. The number of rotatable bonds is 10. The van der Waals surface area contributed by atoms with Crippen molar-refractivity contribution in [2.24, 2.45) is 0 Å². The lowest BCUT2D eigenvalue weighted by Gasteiger charge is -2.22. The number of hydrogen-bond acceptors (Lipinski definition) is 10. The maximum atomic E-state index is 11.7. The Labute approximate surface area is 157 Å². The lowest BCUT2D eigenvalue weighted by molar-refractivity contribution is -0.182. The maximum Gasteiger partial charge on any atom is 0.308 e. The van der Waals surface area contributed by atoms with E-state index >= 15 is 0 Å². The third-order valence-electron chi connectivity index (χ3n) is 4.39. The van der Waals surface area contributed by atoms with Crippen molar-refractivity contribution in [1.29, 1.82) is 0 Å². The Kier molecular flexibility index (Phi) is 7.95. The van der Waals surface area contributed by atoms with Gasteiger partial charge in [0.05, 0.1) is 39.3 Å². The first kappa shape index (κ1) is 22.0. The van der Waals surface area contributed by atoms with Gasteiger partial charge in [-0.05, 0) is 13.8 Å². The minimum Gasteiger partial charge on any atom is -0.428 e. The first-order chi connectivity index (χ1) is 12.8. The highest BCUT2D eigenvalue weighted by atomic mass is 16.8. The van der Waals surface area contributed by atoms with Crippen molar-refractivity contribution in [3.8, 4) is 0 Å². The molecule has 2 fully saturated rings. The summed E-state index contributed by atoms with van der Waals surface area (Å²) in [6.45, 7) is 3.14. The summed E-state index contributed by atoms with van der Waals surface area (Å²) >= 11 is 0. The molecule has 2 N–H and O–H groups in total. The van der Waals surface area contributed by atoms with Gasteiger partial charge >= 0.3 is 11.9 Å². The highest BCUT2D eigenvalue weighted by Crippen LogP contribution is 2.29. The summed E-state index contributed by atoms with van der Waals surface area (Å²) in [5.41, 5.74) is 0. The minimum absolute atomic E-state index is 0.0223. The molecule has 156 valence electrons. The molecule has 0 aliphatic carbocycles. The molecule has 0 amide bonds. The fraction of sp³-hybridized carbons (Fsp3) is 0.882. The van der Waals surface area contributed by atoms with Crippen LogP contribution in [0.1, 0.15) is 39.5 Å². The second-order valence-corrected chi connectivity index (χ2v) is 6.89. The molecule has 10 heteroatoms. The van der Waals surface area contributed by atoms with E-state index < -0.39 is 42.5 Å². The van der Waals surface area contributed by atoms with Crippen LogP contribution >= 0.6 is 0 Å². The van der Waals surface area contributed by atoms with Crippen LogP contribution in [-0.2, 0) is 38.0 Å². The van der Waals surface area contributed by atoms with Crippen LogP contribution in [0.3, 0.4) is 0 Å². The van der Waals surface area contributed by atoms with E-state index in [1.165, 1.54) is 0 Å². The smallest absolute Gasteiger partial charge is 0.308 e. The number of esters is 2. The zero-order valence-electron chi connectivity index (χ0n) is 15.7. The van der Waals surface area contributed by atoms with Gasteiger partial charge in [-0.25, -0.2) is 0 Å². The third kappa shape index (κ3) is 6.98. The Morgan fingerprint density at radius 1 is 0.889 bits per heavy atom. The Bertz CT molecular complexity index is 468. The molecule has 27 heavy (non-hydrogen) atoms. The van der Waals surface area contributed by atoms with Gasteiger partial charge in [0.15, 0.2) is 11.6 Å². The zero-order chi connectivity index (χ0) is 19.9. The van der Waals surface area contributed by atoms with Crippen LogP contribution in [0.15, 0.2) is 0 Å². The van der Waals surface area contributed by atoms with Crippen molar-refractivity contribution in [2.45, 2.75) is 63.3 Å². The molecule has 0 aromatic carbocycles. The van der Waals surface area contributed by atoms with Gasteiger partial charge in [0.2, 0.25) is 6.79 Å². The summed E-state index contributed by atoms with van der Waals surface area (Å²) in [5.74, 6) is -2.98. The predicted octanol–water partition coefficient (Wildman–Crippen LogP) is -0.161. The number of aliphatic hydroxyl groups is 2. The molecule has 0 radical (unpaired) electrons. The molecule has 2 aliphatic rings. The lowest BCUT2D eigenvalue weighted by atomic mass is 10.1. The molecule has 4 atom stereocenters. The van der Waals surface area contributed by atoms with Crippen molar-refractivity contribution in [2.75, 3.05) is 33.2 Å². The average molecular weight is 392 g/mol. The third-order valence-corrected chi connectivity index (χ3v) is 4.39. The van der Waals surface area contributed by atoms with Crippen LogP contribution in [0.5, 0.6) is 0 Å². The summed E-state index contributed by atoms with van der Waals surface area (Å²) < 4.78 is 31.6. The molecule has 10 nitrogen and oxygen atoms in total. The quantitative estimate of drug-likeness (QED) is 0.382. The van der Waals surface area contributed by atoms with Gasteiger partial charge < -0.3 is 38.6 Å². The normalized spacial score (nSPS) is 33.2. The lowest BCUT2D eigenvalue weighted by Crippen LogP contribution is -2.29. The van der Waals surface area contributed by atoms with Crippen LogP contribution in [0, 0.1) is 0 Å². The van der Waals surface area contributed by atoms with Crippen molar-refractivity contribution >= 4 is 11.9 Å². The molecular weight excluding hydrogens is 364 g/mol. The van der Waals surface area contributed by atoms with E-state index in [9.17, 15) is 9.59 Å². The molecule has 0 spiro atoms. The fourth-order valence-electron chi connectivity index (χ4n) is 2.79. The molecule has 2 aliphatic heterocycles. The van der Waals surface area contributed by atoms with E-state index in [1.807, 2.05) is 0 Å². The van der Waals surface area contributed by atoms with E-state index in [-0.39, 0.29) is 52.1 Å². The topological polar surface area (TPSA) is 130 Å². The first-order valence-corrected chi connectivity index (χ1v) is 8.94. The van der Waals surface area contributed by atoms with E-state index in [0.717, 1.165) is 0 Å². The Morgan fingerprint density at radius 3 is 1.63 bits per heavy atom. The average Bonchev–Trinajstić information content (AvgIpc) is 3.22. The van der Waals surface area contributed by atoms with E-state index in [2.05, 4.69) is 0 Å². The second kappa shape index (κ2) is 9.76. The molecule has 2 heterocycles. The van der Waals surface area contributed by atoms with Crippen molar-refractivity contribution in [3.05, 3.63) is 0 Å². The SMILES string of the molecule is CC1(CCC(=O)OCOC(=O)CCC2(C)OCC(CO)O2)OCC(CO)O1. The van der Waals surface area contributed by atoms with Crippen LogP contribution in [0.4, 0.5) is 0 Å². The molecule has 2 saturated heterocycles. The maximum absolute atomic E-state index is 11.7. The van der Waals surface area contributed by atoms with Crippen LogP contribution < -0.4 is 0 Å². The molecule has 4 unspecified atom stereocenters. The summed E-state index contributed by atoms with van der Waals surface area (Å²) in [4.78, 5) is 23.4. The molecule has 0 aromatic rings. The highest BCUT2D eigenvalue weighted by Gasteiger charge is 2.38. The summed E-state index contributed by atoms with van der Waals surface area (Å²) in [6, 6.07) is 0. The minimum atomic E-state index is -0.938. The summed E-state index contributed by atoms with van der Waals surface area (Å²) in [7, 11) is 0. The van der Waals surface area contributed by atoms with Gasteiger partial charge in [-0.2, -0.15) is 0 Å². The standard InChI is InChI=1S/C17H28O10/c1-16(24-9-12(7-18)26-16)5-3-14(20)22-11-23-15(21)4-6-17(2)25-10-13(8-19)27-17/h12-13,18-19H,3-11H2,1-2H3. The van der Waals surface area contributed by atoms with Crippen molar-refractivity contribution in [1.82, 2.24) is 0 Å². The van der Waals surface area contributed by atoms with Gasteiger partial charge in [0, 0.05) is 12.8 Å². The van der Waals surface area contributed by atoms with Gasteiger partial charge in [-0.15, -0.1) is 0 Å². The largest absolute Gasteiger partial charge is 0.428 e. The van der Waals surface area contributed by atoms with Gasteiger partial charge in [-0.1, -0.05) is 0 Å². The second-order valence-electron chi connectivity index (χ2n) is 6.89. The molecule has 0 saturated carbocycles. The number of aliphatic hydroxyl groups excluding tert-OH is 2. The highest BCUT2D eigenvalue weighted by molar-refractivity contribution is 5.71. The number of ether oxygens (including phenoxy) is 6. The molecule has 0 aromatic heterocycles. The Balaban J connectivity index is 1.56. The fourth-order valence-corrected chi connectivity index (χ4v) is 2.79. The van der Waals surface area contributed by atoms with Crippen LogP contribution in [0.2, 0.25) is 0 Å². The number of carbonyl (C=O) groups is 2. The van der Waals surface area contributed by atoms with Gasteiger partial charge in [-0.3, -0.25) is 9.59 Å². The van der Waals surface area contributed by atoms with E-state index in [4.69, 9.17) is 38.6 Å². The predicted molar refractivity (Wildman–Crippen MR) is 88.2 cm³/mol. The van der Waals surface area contributed by atoms with Crippen LogP contribution in [-0.4, -0.2) is 79.2 Å². The molecule has 2 rings (SSSR count). The van der Waals surface area contributed by atoms with Crippen LogP contribution in [0.25, 0.3) is 0 Å². The summed E-state index contributed by atoms with van der Waals surface area (Å²) in [5, 5.41) is 18.1. The molecule has 0 bridgehead atoms. The van der Waals surface area contributed by atoms with Gasteiger partial charge in [0.25, 0.3) is 0 Å². The zero-order valence-corrected chi connectivity index (χ0v) is 15.7. The monoisotopic (exact) mass is 392 g/mol. The van der Waals surface area contributed by atoms with Gasteiger partial charge in [0.1, 0.15) is 12.2 Å².